The second-order valence-corrected chi connectivity index (χ2v) is 6.73. The summed E-state index contributed by atoms with van der Waals surface area (Å²) in [5, 5.41) is 7.22. The first kappa shape index (κ1) is 16.4. The van der Waals surface area contributed by atoms with E-state index in [0.29, 0.717) is 37.3 Å². The first-order chi connectivity index (χ1) is 11.2. The summed E-state index contributed by atoms with van der Waals surface area (Å²) in [6.45, 7) is 8.50. The fraction of sp³-hybridized carbons (Fsp3) is 0.667. The standard InChI is InChI=1S/C15H23N5O2S/c1-11-10-23-15(16-11)20-6-5-19(8-12(20)2)9-14-17-13(18-22-14)4-7-21-3/h10,12H,4-9H2,1-3H3/t12-/m0/s1. The van der Waals surface area contributed by atoms with Crippen LogP contribution < -0.4 is 4.90 Å². The van der Waals surface area contributed by atoms with E-state index >= 15 is 0 Å². The van der Waals surface area contributed by atoms with Crippen molar-refractivity contribution in [2.24, 2.45) is 0 Å². The molecule has 1 aliphatic heterocycles. The van der Waals surface area contributed by atoms with Crippen LogP contribution in [-0.2, 0) is 17.7 Å². The highest BCUT2D eigenvalue weighted by atomic mass is 32.1. The summed E-state index contributed by atoms with van der Waals surface area (Å²) in [6, 6.07) is 0.421. The van der Waals surface area contributed by atoms with Crippen molar-refractivity contribution in [3.63, 3.8) is 0 Å². The van der Waals surface area contributed by atoms with Gasteiger partial charge in [0.2, 0.25) is 5.89 Å². The third kappa shape index (κ3) is 4.07. The molecule has 2 aromatic heterocycles. The van der Waals surface area contributed by atoms with Gasteiger partial charge in [0.25, 0.3) is 0 Å². The van der Waals surface area contributed by atoms with E-state index in [4.69, 9.17) is 9.26 Å². The number of nitrogens with zero attached hydrogens (tertiary/aromatic N) is 5. The second-order valence-electron chi connectivity index (χ2n) is 5.90. The SMILES string of the molecule is COCCc1noc(CN2CCN(c3nc(C)cs3)[C@@H](C)C2)n1. The van der Waals surface area contributed by atoms with Crippen molar-refractivity contribution in [1.82, 2.24) is 20.0 Å². The molecular formula is C15H23N5O2S. The average Bonchev–Trinajstić information content (AvgIpc) is 3.14. The number of piperazine rings is 1. The fourth-order valence-corrected chi connectivity index (χ4v) is 3.71. The number of aromatic nitrogens is 3. The van der Waals surface area contributed by atoms with Crippen LogP contribution >= 0.6 is 11.3 Å². The van der Waals surface area contributed by atoms with Gasteiger partial charge in [-0.1, -0.05) is 5.16 Å². The smallest absolute Gasteiger partial charge is 0.240 e. The zero-order valence-corrected chi connectivity index (χ0v) is 14.7. The van der Waals surface area contributed by atoms with Crippen LogP contribution in [0.1, 0.15) is 24.3 Å². The van der Waals surface area contributed by atoms with Crippen molar-refractivity contribution in [2.45, 2.75) is 32.9 Å². The van der Waals surface area contributed by atoms with E-state index in [2.05, 4.69) is 37.2 Å². The van der Waals surface area contributed by atoms with Crippen LogP contribution in [0.4, 0.5) is 5.13 Å². The predicted molar refractivity (Wildman–Crippen MR) is 88.8 cm³/mol. The van der Waals surface area contributed by atoms with Crippen LogP contribution in [-0.4, -0.2) is 59.4 Å². The van der Waals surface area contributed by atoms with Crippen molar-refractivity contribution in [1.29, 1.82) is 0 Å². The van der Waals surface area contributed by atoms with E-state index in [-0.39, 0.29) is 0 Å². The average molecular weight is 337 g/mol. The van der Waals surface area contributed by atoms with E-state index in [0.717, 1.165) is 30.5 Å². The summed E-state index contributed by atoms with van der Waals surface area (Å²) < 4.78 is 10.4. The molecule has 8 heteroatoms. The lowest BCUT2D eigenvalue weighted by Crippen LogP contribution is -2.51. The van der Waals surface area contributed by atoms with Crippen LogP contribution in [0, 0.1) is 6.92 Å². The summed E-state index contributed by atoms with van der Waals surface area (Å²) in [4.78, 5) is 13.8. The lowest BCUT2D eigenvalue weighted by atomic mass is 10.2. The normalized spacial score (nSPS) is 19.4. The first-order valence-electron chi connectivity index (χ1n) is 7.87. The third-order valence-corrected chi connectivity index (χ3v) is 4.96. The van der Waals surface area contributed by atoms with E-state index < -0.39 is 0 Å². The van der Waals surface area contributed by atoms with Gasteiger partial charge >= 0.3 is 0 Å². The van der Waals surface area contributed by atoms with Gasteiger partial charge in [-0.3, -0.25) is 4.90 Å². The van der Waals surface area contributed by atoms with Crippen molar-refractivity contribution >= 4 is 16.5 Å². The Morgan fingerprint density at radius 3 is 2.96 bits per heavy atom. The van der Waals surface area contributed by atoms with Crippen molar-refractivity contribution in [3.8, 4) is 0 Å². The van der Waals surface area contributed by atoms with E-state index in [1.807, 2.05) is 6.92 Å². The maximum Gasteiger partial charge on any atom is 0.240 e. The number of rotatable bonds is 6. The van der Waals surface area contributed by atoms with Gasteiger partial charge in [0, 0.05) is 44.6 Å². The Bertz CT molecular complexity index is 629. The van der Waals surface area contributed by atoms with Gasteiger partial charge < -0.3 is 14.2 Å². The molecule has 3 heterocycles. The monoisotopic (exact) mass is 337 g/mol. The topological polar surface area (TPSA) is 67.5 Å². The minimum atomic E-state index is 0.421. The van der Waals surface area contributed by atoms with E-state index in [9.17, 15) is 0 Å². The van der Waals surface area contributed by atoms with Gasteiger partial charge in [-0.15, -0.1) is 11.3 Å². The molecule has 2 aromatic rings. The Kier molecular flexibility index (Phi) is 5.24. The summed E-state index contributed by atoms with van der Waals surface area (Å²) in [5.41, 5.74) is 1.09. The van der Waals surface area contributed by atoms with Crippen LogP contribution in [0.2, 0.25) is 0 Å². The summed E-state index contributed by atoms with van der Waals surface area (Å²) in [6.07, 6.45) is 0.688. The molecule has 126 valence electrons. The van der Waals surface area contributed by atoms with Gasteiger partial charge in [0.05, 0.1) is 18.8 Å². The molecule has 0 saturated carbocycles. The van der Waals surface area contributed by atoms with Crippen LogP contribution in [0.5, 0.6) is 0 Å². The Morgan fingerprint density at radius 2 is 2.26 bits per heavy atom. The number of aryl methyl sites for hydroxylation is 1. The first-order valence-corrected chi connectivity index (χ1v) is 8.75. The molecule has 23 heavy (non-hydrogen) atoms. The molecule has 3 rings (SSSR count). The molecule has 0 bridgehead atoms. The molecule has 1 fully saturated rings. The Morgan fingerprint density at radius 1 is 1.39 bits per heavy atom. The number of hydrogen-bond donors (Lipinski definition) is 0. The van der Waals surface area contributed by atoms with E-state index in [1.165, 1.54) is 0 Å². The predicted octanol–water partition coefficient (Wildman–Crippen LogP) is 1.73. The van der Waals surface area contributed by atoms with Crippen molar-refractivity contribution in [3.05, 3.63) is 22.8 Å². The molecular weight excluding hydrogens is 314 g/mol. The summed E-state index contributed by atoms with van der Waals surface area (Å²) >= 11 is 1.72. The molecule has 1 atom stereocenters. The molecule has 1 aliphatic rings. The second kappa shape index (κ2) is 7.37. The Hall–Kier alpha value is -1.51. The highest BCUT2D eigenvalue weighted by molar-refractivity contribution is 7.13. The lowest BCUT2D eigenvalue weighted by molar-refractivity contribution is 0.192. The molecule has 0 spiro atoms. The summed E-state index contributed by atoms with van der Waals surface area (Å²) in [7, 11) is 1.67. The minimum absolute atomic E-state index is 0.421. The molecule has 0 radical (unpaired) electrons. The molecule has 0 amide bonds. The zero-order chi connectivity index (χ0) is 16.2. The van der Waals surface area contributed by atoms with Gasteiger partial charge in [0.15, 0.2) is 11.0 Å². The van der Waals surface area contributed by atoms with Crippen molar-refractivity contribution in [2.75, 3.05) is 38.3 Å². The van der Waals surface area contributed by atoms with Gasteiger partial charge in [-0.05, 0) is 13.8 Å². The third-order valence-electron chi connectivity index (χ3n) is 3.96. The number of anilines is 1. The molecule has 0 N–H and O–H groups in total. The quantitative estimate of drug-likeness (QED) is 0.795. The maximum absolute atomic E-state index is 5.33. The highest BCUT2D eigenvalue weighted by Crippen LogP contribution is 2.24. The fourth-order valence-electron chi connectivity index (χ4n) is 2.77. The van der Waals surface area contributed by atoms with Crippen LogP contribution in [0.25, 0.3) is 0 Å². The molecule has 0 aromatic carbocycles. The minimum Gasteiger partial charge on any atom is -0.384 e. The Balaban J connectivity index is 1.54. The van der Waals surface area contributed by atoms with E-state index in [1.54, 1.807) is 18.4 Å². The van der Waals surface area contributed by atoms with Crippen LogP contribution in [0.3, 0.4) is 0 Å². The zero-order valence-electron chi connectivity index (χ0n) is 13.9. The molecule has 1 saturated heterocycles. The largest absolute Gasteiger partial charge is 0.384 e. The Labute approximate surface area is 140 Å². The van der Waals surface area contributed by atoms with Crippen molar-refractivity contribution < 1.29 is 9.26 Å². The van der Waals surface area contributed by atoms with Gasteiger partial charge in [-0.2, -0.15) is 4.98 Å². The highest BCUT2D eigenvalue weighted by Gasteiger charge is 2.26. The number of methoxy groups -OCH3 is 1. The maximum atomic E-state index is 5.33. The molecule has 0 aliphatic carbocycles. The van der Waals surface area contributed by atoms with Gasteiger partial charge in [-0.25, -0.2) is 4.98 Å². The van der Waals surface area contributed by atoms with Gasteiger partial charge in [0.1, 0.15) is 0 Å². The number of thiazole rings is 1. The summed E-state index contributed by atoms with van der Waals surface area (Å²) in [5.74, 6) is 1.40. The lowest BCUT2D eigenvalue weighted by Gasteiger charge is -2.39. The number of hydrogen-bond acceptors (Lipinski definition) is 8. The molecule has 7 nitrogen and oxygen atoms in total. The molecule has 0 unspecified atom stereocenters. The van der Waals surface area contributed by atoms with Crippen LogP contribution in [0.15, 0.2) is 9.90 Å². The number of ether oxygens (including phenoxy) is 1.